The van der Waals surface area contributed by atoms with Gasteiger partial charge in [0.15, 0.2) is 5.82 Å². The first-order chi connectivity index (χ1) is 13.7. The number of para-hydroxylation sites is 1. The molecule has 2 aromatic carbocycles. The number of halogens is 1. The average Bonchev–Trinajstić information content (AvgIpc) is 3.23. The molecule has 0 aliphatic carbocycles. The normalized spacial score (nSPS) is 15.0. The number of ether oxygens (including phenoxy) is 1. The Kier molecular flexibility index (Phi) is 6.10. The van der Waals surface area contributed by atoms with Crippen LogP contribution in [0.25, 0.3) is 11.4 Å². The van der Waals surface area contributed by atoms with E-state index in [1.807, 2.05) is 36.4 Å². The van der Waals surface area contributed by atoms with Crippen LogP contribution in [0.4, 0.5) is 5.13 Å². The number of anilines is 1. The second-order valence-corrected chi connectivity index (χ2v) is 7.96. The zero-order chi connectivity index (χ0) is 19.3. The van der Waals surface area contributed by atoms with Crippen molar-refractivity contribution < 1.29 is 4.74 Å². The van der Waals surface area contributed by atoms with E-state index >= 15 is 0 Å². The zero-order valence-corrected chi connectivity index (χ0v) is 17.4. The molecule has 0 amide bonds. The number of hydrogen-bond donors (Lipinski definition) is 0. The number of methoxy groups -OCH3 is 1. The minimum Gasteiger partial charge on any atom is -0.496 e. The Morgan fingerprint density at radius 1 is 1.04 bits per heavy atom. The molecule has 0 spiro atoms. The highest BCUT2D eigenvalue weighted by Crippen LogP contribution is 2.26. The predicted molar refractivity (Wildman–Crippen MR) is 116 cm³/mol. The van der Waals surface area contributed by atoms with Crippen LogP contribution in [0.15, 0.2) is 48.5 Å². The smallest absolute Gasteiger partial charge is 0.205 e. The summed E-state index contributed by atoms with van der Waals surface area (Å²) in [6.45, 7) is 5.05. The van der Waals surface area contributed by atoms with Crippen LogP contribution in [0.3, 0.4) is 0 Å². The first-order valence-corrected chi connectivity index (χ1v) is 10.6. The highest BCUT2D eigenvalue weighted by Gasteiger charge is 2.20. The summed E-state index contributed by atoms with van der Waals surface area (Å²) in [7, 11) is 1.73. The minimum atomic E-state index is 0.725. The van der Waals surface area contributed by atoms with Crippen LogP contribution in [0.1, 0.15) is 5.56 Å². The quantitative estimate of drug-likeness (QED) is 0.603. The van der Waals surface area contributed by atoms with Crippen LogP contribution in [0.2, 0.25) is 5.02 Å². The lowest BCUT2D eigenvalue weighted by atomic mass is 10.1. The first kappa shape index (κ1) is 19.2. The van der Waals surface area contributed by atoms with E-state index in [0.29, 0.717) is 0 Å². The number of benzene rings is 2. The molecule has 4 rings (SSSR count). The Balaban J connectivity index is 1.31. The molecule has 28 heavy (non-hydrogen) atoms. The second kappa shape index (κ2) is 8.90. The maximum atomic E-state index is 5.96. The van der Waals surface area contributed by atoms with Crippen molar-refractivity contribution >= 4 is 28.3 Å². The van der Waals surface area contributed by atoms with Crippen molar-refractivity contribution in [2.45, 2.75) is 6.42 Å². The third-order valence-electron chi connectivity index (χ3n) is 5.05. The Hall–Kier alpha value is -2.15. The van der Waals surface area contributed by atoms with Crippen molar-refractivity contribution in [2.75, 3.05) is 44.7 Å². The van der Waals surface area contributed by atoms with Gasteiger partial charge in [-0.15, -0.1) is 0 Å². The fraction of sp³-hybridized carbons (Fsp3) is 0.333. The third-order valence-corrected chi connectivity index (χ3v) is 6.08. The average molecular weight is 415 g/mol. The molecule has 5 nitrogen and oxygen atoms in total. The Morgan fingerprint density at radius 3 is 2.54 bits per heavy atom. The third kappa shape index (κ3) is 4.46. The molecule has 0 N–H and O–H groups in total. The van der Waals surface area contributed by atoms with E-state index in [4.69, 9.17) is 21.3 Å². The lowest BCUT2D eigenvalue weighted by Crippen LogP contribution is -2.47. The number of aromatic nitrogens is 2. The summed E-state index contributed by atoms with van der Waals surface area (Å²) in [6.07, 6.45) is 1.00. The summed E-state index contributed by atoms with van der Waals surface area (Å²) < 4.78 is 9.98. The van der Waals surface area contributed by atoms with E-state index in [0.717, 1.165) is 66.4 Å². The molecule has 1 aromatic heterocycles. The fourth-order valence-corrected chi connectivity index (χ4v) is 4.28. The molecule has 7 heteroatoms. The molecule has 1 aliphatic heterocycles. The molecular weight excluding hydrogens is 392 g/mol. The molecule has 1 saturated heterocycles. The SMILES string of the molecule is COc1ccccc1CCN1CCN(c2nc(-c3ccc(Cl)cc3)ns2)CC1. The molecule has 1 aliphatic rings. The summed E-state index contributed by atoms with van der Waals surface area (Å²) >= 11 is 7.43. The van der Waals surface area contributed by atoms with Crippen LogP contribution in [0, 0.1) is 0 Å². The summed E-state index contributed by atoms with van der Waals surface area (Å²) in [6, 6.07) is 15.9. The molecule has 1 fully saturated rings. The predicted octanol–water partition coefficient (Wildman–Crippen LogP) is 4.23. The van der Waals surface area contributed by atoms with Gasteiger partial charge in [0, 0.05) is 54.8 Å². The van der Waals surface area contributed by atoms with Gasteiger partial charge < -0.3 is 9.64 Å². The van der Waals surface area contributed by atoms with Gasteiger partial charge in [-0.25, -0.2) is 0 Å². The van der Waals surface area contributed by atoms with Gasteiger partial charge in [0.1, 0.15) is 5.75 Å². The monoisotopic (exact) mass is 414 g/mol. The van der Waals surface area contributed by atoms with E-state index in [1.54, 1.807) is 7.11 Å². The summed E-state index contributed by atoms with van der Waals surface area (Å²) in [4.78, 5) is 9.56. The Labute approximate surface area is 174 Å². The van der Waals surface area contributed by atoms with Gasteiger partial charge >= 0.3 is 0 Å². The fourth-order valence-electron chi connectivity index (χ4n) is 3.41. The van der Waals surface area contributed by atoms with E-state index in [-0.39, 0.29) is 0 Å². The van der Waals surface area contributed by atoms with Crippen LogP contribution in [-0.2, 0) is 6.42 Å². The molecule has 0 unspecified atom stereocenters. The largest absolute Gasteiger partial charge is 0.496 e. The van der Waals surface area contributed by atoms with Gasteiger partial charge in [-0.1, -0.05) is 29.8 Å². The lowest BCUT2D eigenvalue weighted by molar-refractivity contribution is 0.260. The Morgan fingerprint density at radius 2 is 1.79 bits per heavy atom. The molecule has 0 radical (unpaired) electrons. The van der Waals surface area contributed by atoms with Crippen molar-refractivity contribution in [1.29, 1.82) is 0 Å². The Bertz CT molecular complexity index is 907. The van der Waals surface area contributed by atoms with Crippen LogP contribution < -0.4 is 9.64 Å². The van der Waals surface area contributed by atoms with E-state index in [1.165, 1.54) is 17.1 Å². The van der Waals surface area contributed by atoms with Crippen molar-refractivity contribution in [3.05, 3.63) is 59.1 Å². The van der Waals surface area contributed by atoms with Gasteiger partial charge in [-0.3, -0.25) is 4.90 Å². The molecule has 0 bridgehead atoms. The van der Waals surface area contributed by atoms with Gasteiger partial charge in [-0.2, -0.15) is 9.36 Å². The van der Waals surface area contributed by atoms with E-state index in [2.05, 4.69) is 26.3 Å². The molecule has 0 saturated carbocycles. The van der Waals surface area contributed by atoms with Crippen LogP contribution in [0.5, 0.6) is 5.75 Å². The highest BCUT2D eigenvalue weighted by atomic mass is 35.5. The zero-order valence-electron chi connectivity index (χ0n) is 15.8. The van der Waals surface area contributed by atoms with E-state index in [9.17, 15) is 0 Å². The van der Waals surface area contributed by atoms with Crippen molar-refractivity contribution in [2.24, 2.45) is 0 Å². The summed E-state index contributed by atoms with van der Waals surface area (Å²) in [5.74, 6) is 1.75. The maximum Gasteiger partial charge on any atom is 0.205 e. The summed E-state index contributed by atoms with van der Waals surface area (Å²) in [5.41, 5.74) is 2.27. The number of nitrogens with zero attached hydrogens (tertiary/aromatic N) is 4. The summed E-state index contributed by atoms with van der Waals surface area (Å²) in [5, 5.41) is 1.72. The van der Waals surface area contributed by atoms with Gasteiger partial charge in [-0.05, 0) is 42.3 Å². The highest BCUT2D eigenvalue weighted by molar-refractivity contribution is 7.09. The lowest BCUT2D eigenvalue weighted by Gasteiger charge is -2.34. The van der Waals surface area contributed by atoms with Gasteiger partial charge in [0.2, 0.25) is 5.13 Å². The van der Waals surface area contributed by atoms with Crippen LogP contribution >= 0.6 is 23.1 Å². The molecule has 146 valence electrons. The number of rotatable bonds is 6. The first-order valence-electron chi connectivity index (χ1n) is 9.42. The number of piperazine rings is 1. The van der Waals surface area contributed by atoms with Crippen molar-refractivity contribution in [3.8, 4) is 17.1 Å². The van der Waals surface area contributed by atoms with Gasteiger partial charge in [0.25, 0.3) is 0 Å². The standard InChI is InChI=1S/C21H23ClN4OS/c1-27-19-5-3-2-4-16(19)10-11-25-12-14-26(15-13-25)21-23-20(24-28-21)17-6-8-18(22)9-7-17/h2-9H,10-15H2,1H3. The molecular formula is C21H23ClN4OS. The van der Waals surface area contributed by atoms with Crippen molar-refractivity contribution in [1.82, 2.24) is 14.3 Å². The minimum absolute atomic E-state index is 0.725. The molecule has 2 heterocycles. The van der Waals surface area contributed by atoms with Crippen LogP contribution in [-0.4, -0.2) is 54.1 Å². The molecule has 3 aromatic rings. The maximum absolute atomic E-state index is 5.96. The topological polar surface area (TPSA) is 41.5 Å². The van der Waals surface area contributed by atoms with Gasteiger partial charge in [0.05, 0.1) is 7.11 Å². The molecule has 0 atom stereocenters. The number of hydrogen-bond acceptors (Lipinski definition) is 6. The second-order valence-electron chi connectivity index (χ2n) is 6.80. The van der Waals surface area contributed by atoms with Crippen molar-refractivity contribution in [3.63, 3.8) is 0 Å². The van der Waals surface area contributed by atoms with E-state index < -0.39 is 0 Å².